The number of H-pyrrole nitrogens is 1. The minimum atomic E-state index is -0.257. The van der Waals surface area contributed by atoms with Gasteiger partial charge in [0.25, 0.3) is 5.91 Å². The molecular weight excluding hydrogens is 284 g/mol. The molecule has 8 heteroatoms. The maximum atomic E-state index is 12.3. The van der Waals surface area contributed by atoms with Gasteiger partial charge in [-0.25, -0.2) is 0 Å². The van der Waals surface area contributed by atoms with E-state index in [9.17, 15) is 4.79 Å². The van der Waals surface area contributed by atoms with Gasteiger partial charge in [0.1, 0.15) is 12.0 Å². The molecule has 3 rings (SSSR count). The summed E-state index contributed by atoms with van der Waals surface area (Å²) in [4.78, 5) is 12.3. The fourth-order valence-corrected chi connectivity index (χ4v) is 2.35. The van der Waals surface area contributed by atoms with Crippen molar-refractivity contribution >= 4 is 5.91 Å². The second kappa shape index (κ2) is 6.27. The Morgan fingerprint density at radius 2 is 2.41 bits per heavy atom. The number of carbonyl (C=O) groups excluding carboxylic acids is 1. The lowest BCUT2D eigenvalue weighted by Gasteiger charge is -2.13. The summed E-state index contributed by atoms with van der Waals surface area (Å²) >= 11 is 0. The Balaban J connectivity index is 1.63. The average Bonchev–Trinajstić information content (AvgIpc) is 3.05. The Bertz CT molecular complexity index is 645. The summed E-state index contributed by atoms with van der Waals surface area (Å²) in [6, 6.07) is 1.57. The van der Waals surface area contributed by atoms with Crippen LogP contribution in [-0.2, 0) is 11.3 Å². The van der Waals surface area contributed by atoms with Crippen LogP contribution in [0.4, 0.5) is 0 Å². The van der Waals surface area contributed by atoms with Crippen LogP contribution in [0.2, 0.25) is 0 Å². The lowest BCUT2D eigenvalue weighted by atomic mass is 10.2. The van der Waals surface area contributed by atoms with E-state index in [-0.39, 0.29) is 11.9 Å². The summed E-state index contributed by atoms with van der Waals surface area (Å²) in [5, 5.41) is 17.9. The van der Waals surface area contributed by atoms with Crippen molar-refractivity contribution in [2.24, 2.45) is 0 Å². The van der Waals surface area contributed by atoms with Crippen molar-refractivity contribution in [3.05, 3.63) is 29.6 Å². The number of aromatic nitrogens is 5. The largest absolute Gasteiger partial charge is 0.383 e. The minimum Gasteiger partial charge on any atom is -0.383 e. The van der Waals surface area contributed by atoms with Crippen LogP contribution < -0.4 is 5.32 Å². The van der Waals surface area contributed by atoms with Crippen LogP contribution in [-0.4, -0.2) is 44.6 Å². The zero-order valence-corrected chi connectivity index (χ0v) is 12.7. The number of aromatic amines is 1. The summed E-state index contributed by atoms with van der Waals surface area (Å²) in [7, 11) is 1.64. The Kier molecular flexibility index (Phi) is 4.19. The van der Waals surface area contributed by atoms with Gasteiger partial charge >= 0.3 is 0 Å². The monoisotopic (exact) mass is 304 g/mol. The number of methoxy groups -OCH3 is 1. The van der Waals surface area contributed by atoms with Crippen molar-refractivity contribution in [1.82, 2.24) is 30.3 Å². The van der Waals surface area contributed by atoms with E-state index in [4.69, 9.17) is 4.74 Å². The number of hydrogen-bond donors (Lipinski definition) is 2. The second-order valence-corrected chi connectivity index (χ2v) is 5.55. The topological polar surface area (TPSA) is 97.7 Å². The third-order valence-electron chi connectivity index (χ3n) is 3.76. The van der Waals surface area contributed by atoms with E-state index >= 15 is 0 Å². The number of ether oxygens (including phenoxy) is 1. The summed E-state index contributed by atoms with van der Waals surface area (Å²) in [6.07, 6.45) is 3.97. The first-order valence-corrected chi connectivity index (χ1v) is 7.42. The maximum Gasteiger partial charge on any atom is 0.272 e. The molecule has 1 aliphatic rings. The molecule has 0 aliphatic heterocycles. The van der Waals surface area contributed by atoms with Gasteiger partial charge in [-0.05, 0) is 25.8 Å². The van der Waals surface area contributed by atoms with E-state index in [1.54, 1.807) is 13.4 Å². The molecule has 1 saturated carbocycles. The molecule has 0 aromatic carbocycles. The molecule has 1 amide bonds. The zero-order chi connectivity index (χ0) is 15.5. The third kappa shape index (κ3) is 3.16. The summed E-state index contributed by atoms with van der Waals surface area (Å²) < 4.78 is 6.92. The molecule has 0 unspecified atom stereocenters. The number of nitrogens with zero attached hydrogens (tertiary/aromatic N) is 4. The summed E-state index contributed by atoms with van der Waals surface area (Å²) in [5.41, 5.74) is 1.46. The van der Waals surface area contributed by atoms with Crippen LogP contribution in [0, 0.1) is 0 Å². The number of carbonyl (C=O) groups is 1. The van der Waals surface area contributed by atoms with E-state index in [0.29, 0.717) is 30.6 Å². The quantitative estimate of drug-likeness (QED) is 0.795. The van der Waals surface area contributed by atoms with Crippen molar-refractivity contribution in [2.75, 3.05) is 13.7 Å². The lowest BCUT2D eigenvalue weighted by Crippen LogP contribution is -2.29. The van der Waals surface area contributed by atoms with Crippen LogP contribution in [0.5, 0.6) is 0 Å². The third-order valence-corrected chi connectivity index (χ3v) is 3.76. The van der Waals surface area contributed by atoms with E-state index < -0.39 is 0 Å². The van der Waals surface area contributed by atoms with Gasteiger partial charge in [-0.15, -0.1) is 10.2 Å². The highest BCUT2D eigenvalue weighted by atomic mass is 16.5. The van der Waals surface area contributed by atoms with E-state index in [0.717, 1.165) is 5.69 Å². The summed E-state index contributed by atoms with van der Waals surface area (Å²) in [5.74, 6) is 1.03. The Hall–Kier alpha value is -2.22. The highest BCUT2D eigenvalue weighted by Gasteiger charge is 2.27. The molecule has 2 N–H and O–H groups in total. The predicted octanol–water partition coefficient (Wildman–Crippen LogP) is 1.02. The van der Waals surface area contributed by atoms with Gasteiger partial charge in [-0.3, -0.25) is 9.89 Å². The molecule has 2 heterocycles. The van der Waals surface area contributed by atoms with Gasteiger partial charge in [-0.2, -0.15) is 5.10 Å². The molecule has 1 aliphatic carbocycles. The first kappa shape index (κ1) is 14.7. The van der Waals surface area contributed by atoms with Crippen molar-refractivity contribution in [1.29, 1.82) is 0 Å². The molecule has 118 valence electrons. The molecule has 0 bridgehead atoms. The molecule has 2 aromatic heterocycles. The van der Waals surface area contributed by atoms with E-state index in [2.05, 4.69) is 25.7 Å². The van der Waals surface area contributed by atoms with Gasteiger partial charge in [0.2, 0.25) is 0 Å². The van der Waals surface area contributed by atoms with Crippen LogP contribution in [0.3, 0.4) is 0 Å². The fourth-order valence-electron chi connectivity index (χ4n) is 2.35. The van der Waals surface area contributed by atoms with E-state index in [1.807, 2.05) is 17.6 Å². The van der Waals surface area contributed by atoms with Crippen LogP contribution >= 0.6 is 0 Å². The standard InChI is InChI=1S/C14H20N6O2/c1-9(13-19-15-8-20(13)5-6-22-2)16-14(21)12-7-11(17-18-12)10-3-4-10/h7-10H,3-6H2,1-2H3,(H,16,21)(H,17,18)/t9-/m1/s1. The number of nitrogens with one attached hydrogen (secondary N) is 2. The van der Waals surface area contributed by atoms with Crippen LogP contribution in [0.1, 0.15) is 53.7 Å². The first-order valence-electron chi connectivity index (χ1n) is 7.42. The number of amides is 1. The second-order valence-electron chi connectivity index (χ2n) is 5.55. The molecule has 8 nitrogen and oxygen atoms in total. The highest BCUT2D eigenvalue weighted by molar-refractivity contribution is 5.92. The average molecular weight is 304 g/mol. The zero-order valence-electron chi connectivity index (χ0n) is 12.7. The minimum absolute atomic E-state index is 0.211. The molecule has 0 spiro atoms. The van der Waals surface area contributed by atoms with Crippen molar-refractivity contribution in [2.45, 2.75) is 38.3 Å². The summed E-state index contributed by atoms with van der Waals surface area (Å²) in [6.45, 7) is 3.09. The van der Waals surface area contributed by atoms with Crippen molar-refractivity contribution < 1.29 is 9.53 Å². The molecule has 1 atom stereocenters. The van der Waals surface area contributed by atoms with Gasteiger partial charge in [0.15, 0.2) is 5.82 Å². The Morgan fingerprint density at radius 1 is 1.59 bits per heavy atom. The molecule has 22 heavy (non-hydrogen) atoms. The lowest BCUT2D eigenvalue weighted by molar-refractivity contribution is 0.0932. The first-order chi connectivity index (χ1) is 10.7. The van der Waals surface area contributed by atoms with Crippen LogP contribution in [0.15, 0.2) is 12.4 Å². The molecule has 0 radical (unpaired) electrons. The molecule has 1 fully saturated rings. The van der Waals surface area contributed by atoms with Gasteiger partial charge in [-0.1, -0.05) is 0 Å². The molecule has 0 saturated heterocycles. The van der Waals surface area contributed by atoms with Gasteiger partial charge < -0.3 is 14.6 Å². The number of hydrogen-bond acceptors (Lipinski definition) is 5. The van der Waals surface area contributed by atoms with Gasteiger partial charge in [0.05, 0.1) is 12.6 Å². The highest BCUT2D eigenvalue weighted by Crippen LogP contribution is 2.38. The Labute approximate surface area is 128 Å². The Morgan fingerprint density at radius 3 is 3.14 bits per heavy atom. The van der Waals surface area contributed by atoms with Crippen LogP contribution in [0.25, 0.3) is 0 Å². The van der Waals surface area contributed by atoms with Gasteiger partial charge in [0, 0.05) is 25.3 Å². The fraction of sp³-hybridized carbons (Fsp3) is 0.571. The normalized spacial score (nSPS) is 15.7. The van der Waals surface area contributed by atoms with Crippen molar-refractivity contribution in [3.63, 3.8) is 0 Å². The molecular formula is C14H20N6O2. The van der Waals surface area contributed by atoms with E-state index in [1.165, 1.54) is 12.8 Å². The smallest absolute Gasteiger partial charge is 0.272 e. The molecule has 2 aromatic rings. The maximum absolute atomic E-state index is 12.3. The SMILES string of the molecule is COCCn1cnnc1[C@@H](C)NC(=O)c1cc(C2CC2)[nH]n1. The number of rotatable bonds is 7. The van der Waals surface area contributed by atoms with Crippen molar-refractivity contribution in [3.8, 4) is 0 Å². The predicted molar refractivity (Wildman–Crippen MR) is 78.3 cm³/mol.